The van der Waals surface area contributed by atoms with Crippen molar-refractivity contribution in [3.63, 3.8) is 0 Å². The number of nitrogens with one attached hydrogen (secondary N) is 1. The molecule has 2 rings (SSSR count). The molecule has 0 aliphatic carbocycles. The van der Waals surface area contributed by atoms with Crippen molar-refractivity contribution in [2.75, 3.05) is 25.0 Å². The Morgan fingerprint density at radius 2 is 2.00 bits per heavy atom. The molecule has 0 radical (unpaired) electrons. The number of nitrogens with zero attached hydrogens (tertiary/aromatic N) is 1. The highest BCUT2D eigenvalue weighted by atomic mass is 16.2. The molecule has 0 spiro atoms. The van der Waals surface area contributed by atoms with Gasteiger partial charge in [-0.25, -0.2) is 0 Å². The van der Waals surface area contributed by atoms with Gasteiger partial charge >= 0.3 is 0 Å². The maximum Gasteiger partial charge on any atom is 0.238 e. The van der Waals surface area contributed by atoms with Crippen molar-refractivity contribution in [2.24, 2.45) is 5.73 Å². The first-order valence-electron chi connectivity index (χ1n) is 7.33. The molecule has 110 valence electrons. The van der Waals surface area contributed by atoms with Crippen LogP contribution in [0.1, 0.15) is 29.5 Å². The first-order chi connectivity index (χ1) is 9.51. The SMILES string of the molecule is Cc1cc(C)c(NC(=O)CN2CCCC2CN)c(C)c1. The molecule has 0 bridgehead atoms. The topological polar surface area (TPSA) is 58.4 Å². The fourth-order valence-corrected chi connectivity index (χ4v) is 3.11. The van der Waals surface area contributed by atoms with E-state index in [9.17, 15) is 4.79 Å². The third kappa shape index (κ3) is 3.38. The molecule has 1 aliphatic heterocycles. The van der Waals surface area contributed by atoms with Crippen molar-refractivity contribution in [3.8, 4) is 0 Å². The minimum Gasteiger partial charge on any atom is -0.329 e. The fraction of sp³-hybridized carbons (Fsp3) is 0.562. The number of hydrogen-bond acceptors (Lipinski definition) is 3. The molecular formula is C16H25N3O. The van der Waals surface area contributed by atoms with Crippen molar-refractivity contribution in [1.29, 1.82) is 0 Å². The first kappa shape index (κ1) is 15.0. The number of aryl methyl sites for hydroxylation is 3. The van der Waals surface area contributed by atoms with Crippen molar-refractivity contribution in [1.82, 2.24) is 4.90 Å². The Bertz CT molecular complexity index is 475. The van der Waals surface area contributed by atoms with E-state index in [0.717, 1.165) is 36.2 Å². The molecule has 20 heavy (non-hydrogen) atoms. The Kier molecular flexibility index (Phi) is 4.78. The predicted octanol–water partition coefficient (Wildman–Crippen LogP) is 1.97. The lowest BCUT2D eigenvalue weighted by molar-refractivity contribution is -0.117. The minimum absolute atomic E-state index is 0.0559. The van der Waals surface area contributed by atoms with Crippen molar-refractivity contribution in [3.05, 3.63) is 28.8 Å². The number of carbonyl (C=O) groups is 1. The lowest BCUT2D eigenvalue weighted by Crippen LogP contribution is -2.40. The second-order valence-corrected chi connectivity index (χ2v) is 5.82. The molecule has 4 nitrogen and oxygen atoms in total. The minimum atomic E-state index is 0.0559. The van der Waals surface area contributed by atoms with Crippen LogP contribution in [0.5, 0.6) is 0 Å². The standard InChI is InChI=1S/C16H25N3O/c1-11-7-12(2)16(13(3)8-11)18-15(20)10-19-6-4-5-14(19)9-17/h7-8,14H,4-6,9-10,17H2,1-3H3,(H,18,20). The van der Waals surface area contributed by atoms with E-state index in [1.807, 2.05) is 13.8 Å². The van der Waals surface area contributed by atoms with Gasteiger partial charge in [-0.15, -0.1) is 0 Å². The average Bonchev–Trinajstić information content (AvgIpc) is 2.81. The van der Waals surface area contributed by atoms with Gasteiger partial charge in [0.15, 0.2) is 0 Å². The highest BCUT2D eigenvalue weighted by Crippen LogP contribution is 2.22. The number of carbonyl (C=O) groups excluding carboxylic acids is 1. The van der Waals surface area contributed by atoms with Crippen molar-refractivity contribution < 1.29 is 4.79 Å². The summed E-state index contributed by atoms with van der Waals surface area (Å²) in [4.78, 5) is 14.4. The van der Waals surface area contributed by atoms with E-state index in [-0.39, 0.29) is 5.91 Å². The van der Waals surface area contributed by atoms with Crippen LogP contribution in [0.3, 0.4) is 0 Å². The van der Waals surface area contributed by atoms with Crippen LogP contribution < -0.4 is 11.1 Å². The molecule has 1 atom stereocenters. The summed E-state index contributed by atoms with van der Waals surface area (Å²) < 4.78 is 0. The van der Waals surface area contributed by atoms with E-state index in [1.165, 1.54) is 5.56 Å². The molecule has 1 unspecified atom stereocenters. The van der Waals surface area contributed by atoms with Gasteiger partial charge in [0.05, 0.1) is 6.54 Å². The van der Waals surface area contributed by atoms with Crippen LogP contribution in [0.25, 0.3) is 0 Å². The lowest BCUT2D eigenvalue weighted by Gasteiger charge is -2.23. The largest absolute Gasteiger partial charge is 0.329 e. The summed E-state index contributed by atoms with van der Waals surface area (Å²) >= 11 is 0. The number of benzene rings is 1. The first-order valence-corrected chi connectivity index (χ1v) is 7.33. The summed E-state index contributed by atoms with van der Waals surface area (Å²) in [5.41, 5.74) is 10.2. The van der Waals surface area contributed by atoms with E-state index < -0.39 is 0 Å². The second kappa shape index (κ2) is 6.37. The van der Waals surface area contributed by atoms with E-state index >= 15 is 0 Å². The summed E-state index contributed by atoms with van der Waals surface area (Å²) in [5, 5.41) is 3.06. The number of hydrogen-bond donors (Lipinski definition) is 2. The normalized spacial score (nSPS) is 19.3. The van der Waals surface area contributed by atoms with Crippen LogP contribution >= 0.6 is 0 Å². The molecule has 3 N–H and O–H groups in total. The molecule has 1 fully saturated rings. The predicted molar refractivity (Wildman–Crippen MR) is 82.9 cm³/mol. The van der Waals surface area contributed by atoms with Gasteiger partial charge in [-0.1, -0.05) is 17.7 Å². The second-order valence-electron chi connectivity index (χ2n) is 5.82. The third-order valence-electron chi connectivity index (χ3n) is 4.06. The van der Waals surface area contributed by atoms with E-state index in [4.69, 9.17) is 5.73 Å². The number of anilines is 1. The molecular weight excluding hydrogens is 250 g/mol. The number of likely N-dealkylation sites (tertiary alicyclic amines) is 1. The van der Waals surface area contributed by atoms with Gasteiger partial charge in [-0.3, -0.25) is 9.69 Å². The zero-order valence-corrected chi connectivity index (χ0v) is 12.7. The van der Waals surface area contributed by atoms with Gasteiger partial charge in [0.2, 0.25) is 5.91 Å². The highest BCUT2D eigenvalue weighted by molar-refractivity contribution is 5.93. The van der Waals surface area contributed by atoms with Crippen LogP contribution in [0.15, 0.2) is 12.1 Å². The number of rotatable bonds is 4. The summed E-state index contributed by atoms with van der Waals surface area (Å²) in [6.07, 6.45) is 2.24. The smallest absolute Gasteiger partial charge is 0.238 e. The van der Waals surface area contributed by atoms with Crippen LogP contribution in [0, 0.1) is 20.8 Å². The summed E-state index contributed by atoms with van der Waals surface area (Å²) in [6.45, 7) is 8.19. The van der Waals surface area contributed by atoms with Gasteiger partial charge in [0.1, 0.15) is 0 Å². The van der Waals surface area contributed by atoms with Crippen LogP contribution in [0.4, 0.5) is 5.69 Å². The Labute approximate surface area is 121 Å². The molecule has 1 amide bonds. The maximum absolute atomic E-state index is 12.2. The van der Waals surface area contributed by atoms with Crippen molar-refractivity contribution >= 4 is 11.6 Å². The molecule has 0 aromatic heterocycles. The summed E-state index contributed by atoms with van der Waals surface area (Å²) in [6, 6.07) is 4.56. The molecule has 1 saturated heterocycles. The molecule has 1 aliphatic rings. The van der Waals surface area contributed by atoms with E-state index in [0.29, 0.717) is 19.1 Å². The zero-order valence-electron chi connectivity index (χ0n) is 12.7. The summed E-state index contributed by atoms with van der Waals surface area (Å²) in [5.74, 6) is 0.0559. The van der Waals surface area contributed by atoms with Gasteiger partial charge in [-0.2, -0.15) is 0 Å². The lowest BCUT2D eigenvalue weighted by atomic mass is 10.1. The van der Waals surface area contributed by atoms with Gasteiger partial charge in [0.25, 0.3) is 0 Å². The maximum atomic E-state index is 12.2. The van der Waals surface area contributed by atoms with Crippen LogP contribution in [-0.2, 0) is 4.79 Å². The number of amides is 1. The monoisotopic (exact) mass is 275 g/mol. The van der Waals surface area contributed by atoms with E-state index in [2.05, 4.69) is 29.3 Å². The van der Waals surface area contributed by atoms with Gasteiger partial charge in [0, 0.05) is 18.3 Å². The van der Waals surface area contributed by atoms with Crippen LogP contribution in [0.2, 0.25) is 0 Å². The van der Waals surface area contributed by atoms with Gasteiger partial charge < -0.3 is 11.1 Å². The van der Waals surface area contributed by atoms with Crippen LogP contribution in [-0.4, -0.2) is 36.5 Å². The molecule has 4 heteroatoms. The number of nitrogens with two attached hydrogens (primary N) is 1. The third-order valence-corrected chi connectivity index (χ3v) is 4.06. The Balaban J connectivity index is 2.01. The molecule has 1 aromatic carbocycles. The molecule has 0 saturated carbocycles. The van der Waals surface area contributed by atoms with Crippen molar-refractivity contribution in [2.45, 2.75) is 39.7 Å². The Morgan fingerprint density at radius 3 is 2.60 bits per heavy atom. The molecule has 1 heterocycles. The summed E-state index contributed by atoms with van der Waals surface area (Å²) in [7, 11) is 0. The fourth-order valence-electron chi connectivity index (χ4n) is 3.11. The zero-order chi connectivity index (χ0) is 14.7. The van der Waals surface area contributed by atoms with Gasteiger partial charge in [-0.05, 0) is 51.3 Å². The Hall–Kier alpha value is -1.39. The van der Waals surface area contributed by atoms with E-state index in [1.54, 1.807) is 0 Å². The molecule has 1 aromatic rings. The quantitative estimate of drug-likeness (QED) is 0.883. The average molecular weight is 275 g/mol. The Morgan fingerprint density at radius 1 is 1.35 bits per heavy atom. The highest BCUT2D eigenvalue weighted by Gasteiger charge is 2.25.